The van der Waals surface area contributed by atoms with Gasteiger partial charge in [0.1, 0.15) is 5.75 Å². The van der Waals surface area contributed by atoms with Gasteiger partial charge in [0.25, 0.3) is 15.9 Å². The third-order valence-electron chi connectivity index (χ3n) is 4.19. The first-order valence-corrected chi connectivity index (χ1v) is 9.88. The van der Waals surface area contributed by atoms with Crippen molar-refractivity contribution in [1.29, 1.82) is 0 Å². The minimum atomic E-state index is -3.78. The highest BCUT2D eigenvalue weighted by atomic mass is 35.5. The second-order valence-corrected chi connectivity index (χ2v) is 8.44. The minimum absolute atomic E-state index is 0.125. The van der Waals surface area contributed by atoms with Crippen LogP contribution in [0.1, 0.15) is 23.2 Å². The third kappa shape index (κ3) is 3.78. The molecule has 1 saturated carbocycles. The first-order chi connectivity index (χ1) is 12.3. The number of nitrogens with zero attached hydrogens (tertiary/aromatic N) is 1. The van der Waals surface area contributed by atoms with Crippen molar-refractivity contribution in [1.82, 2.24) is 5.32 Å². The summed E-state index contributed by atoms with van der Waals surface area (Å²) in [5, 5.41) is 3.13. The Bertz CT molecular complexity index is 925. The fourth-order valence-corrected chi connectivity index (χ4v) is 3.81. The van der Waals surface area contributed by atoms with E-state index in [9.17, 15) is 13.2 Å². The van der Waals surface area contributed by atoms with Crippen molar-refractivity contribution in [2.45, 2.75) is 23.8 Å². The molecule has 6 nitrogen and oxygen atoms in total. The standard InChI is InChI=1S/C18H19ClN2O4S/c1-21(26(23,24)15-8-6-14(25-2)7-9-15)13-5-10-17(19)16(11-13)18(22)20-12-3-4-12/h5-12H,3-4H2,1-2H3,(H,20,22). The molecule has 1 aliphatic rings. The van der Waals surface area contributed by atoms with E-state index in [0.29, 0.717) is 11.4 Å². The molecule has 0 aromatic heterocycles. The molecular weight excluding hydrogens is 376 g/mol. The van der Waals surface area contributed by atoms with Crippen LogP contribution in [0.15, 0.2) is 47.4 Å². The summed E-state index contributed by atoms with van der Waals surface area (Å²) < 4.78 is 31.9. The lowest BCUT2D eigenvalue weighted by Crippen LogP contribution is -2.28. The zero-order chi connectivity index (χ0) is 18.9. The second-order valence-electron chi connectivity index (χ2n) is 6.06. The number of methoxy groups -OCH3 is 1. The molecule has 0 radical (unpaired) electrons. The molecule has 26 heavy (non-hydrogen) atoms. The lowest BCUT2D eigenvalue weighted by atomic mass is 10.2. The highest BCUT2D eigenvalue weighted by molar-refractivity contribution is 7.92. The Labute approximate surface area is 157 Å². The molecule has 0 heterocycles. The van der Waals surface area contributed by atoms with Crippen LogP contribution in [0, 0.1) is 0 Å². The van der Waals surface area contributed by atoms with Crippen LogP contribution in [0.3, 0.4) is 0 Å². The number of amides is 1. The molecule has 2 aromatic carbocycles. The normalized spacial score (nSPS) is 14.0. The molecule has 1 fully saturated rings. The van der Waals surface area contributed by atoms with Gasteiger partial charge >= 0.3 is 0 Å². The molecule has 0 atom stereocenters. The van der Waals surface area contributed by atoms with Crippen molar-refractivity contribution in [3.05, 3.63) is 53.1 Å². The summed E-state index contributed by atoms with van der Waals surface area (Å²) in [6, 6.07) is 10.9. The number of hydrogen-bond donors (Lipinski definition) is 1. The van der Waals surface area contributed by atoms with Gasteiger partial charge in [0.15, 0.2) is 0 Å². The van der Waals surface area contributed by atoms with Crippen molar-refractivity contribution in [2.24, 2.45) is 0 Å². The van der Waals surface area contributed by atoms with E-state index in [1.54, 1.807) is 18.2 Å². The van der Waals surface area contributed by atoms with Gasteiger partial charge in [-0.05, 0) is 55.3 Å². The van der Waals surface area contributed by atoms with Gasteiger partial charge in [0, 0.05) is 13.1 Å². The van der Waals surface area contributed by atoms with Gasteiger partial charge in [0.05, 0.1) is 28.3 Å². The van der Waals surface area contributed by atoms with Crippen LogP contribution < -0.4 is 14.4 Å². The Kier molecular flexibility index (Phi) is 5.11. The van der Waals surface area contributed by atoms with Crippen molar-refractivity contribution >= 4 is 33.2 Å². The molecule has 0 aliphatic heterocycles. The molecular formula is C18H19ClN2O4S. The Morgan fingerprint density at radius 2 is 1.85 bits per heavy atom. The summed E-state index contributed by atoms with van der Waals surface area (Å²) in [7, 11) is -0.833. The molecule has 1 aliphatic carbocycles. The minimum Gasteiger partial charge on any atom is -0.497 e. The van der Waals surface area contributed by atoms with Gasteiger partial charge in [-0.1, -0.05) is 11.6 Å². The summed E-state index contributed by atoms with van der Waals surface area (Å²) >= 11 is 6.12. The predicted octanol–water partition coefficient (Wildman–Crippen LogP) is 3.07. The van der Waals surface area contributed by atoms with E-state index in [4.69, 9.17) is 16.3 Å². The fraction of sp³-hybridized carbons (Fsp3) is 0.278. The predicted molar refractivity (Wildman–Crippen MR) is 101 cm³/mol. The van der Waals surface area contributed by atoms with Crippen molar-refractivity contribution in [2.75, 3.05) is 18.5 Å². The first kappa shape index (κ1) is 18.5. The molecule has 1 amide bonds. The molecule has 1 N–H and O–H groups in total. The summed E-state index contributed by atoms with van der Waals surface area (Å²) in [5.74, 6) is 0.270. The van der Waals surface area contributed by atoms with Crippen LogP contribution >= 0.6 is 11.6 Å². The SMILES string of the molecule is COc1ccc(S(=O)(=O)N(C)c2ccc(Cl)c(C(=O)NC3CC3)c2)cc1. The third-order valence-corrected chi connectivity index (χ3v) is 6.32. The molecule has 0 unspecified atom stereocenters. The number of rotatable bonds is 6. The zero-order valence-corrected chi connectivity index (χ0v) is 16.0. The summed E-state index contributed by atoms with van der Waals surface area (Å²) in [4.78, 5) is 12.4. The Morgan fingerprint density at radius 1 is 1.19 bits per heavy atom. The average molecular weight is 395 g/mol. The number of nitrogens with one attached hydrogen (secondary N) is 1. The van der Waals surface area contributed by atoms with Gasteiger partial charge in [0.2, 0.25) is 0 Å². The van der Waals surface area contributed by atoms with Crippen LogP contribution in [-0.4, -0.2) is 34.5 Å². The number of hydrogen-bond acceptors (Lipinski definition) is 4. The van der Waals surface area contributed by atoms with Crippen LogP contribution in [0.2, 0.25) is 5.02 Å². The summed E-state index contributed by atoms with van der Waals surface area (Å²) in [5.41, 5.74) is 0.610. The maximum Gasteiger partial charge on any atom is 0.264 e. The average Bonchev–Trinajstić information content (AvgIpc) is 3.45. The fourth-order valence-electron chi connectivity index (χ4n) is 2.42. The number of sulfonamides is 1. The van der Waals surface area contributed by atoms with Crippen molar-refractivity contribution in [3.8, 4) is 5.75 Å². The number of carbonyl (C=O) groups excluding carboxylic acids is 1. The van der Waals surface area contributed by atoms with E-state index in [0.717, 1.165) is 17.1 Å². The Hall–Kier alpha value is -2.25. The number of ether oxygens (including phenoxy) is 1. The largest absolute Gasteiger partial charge is 0.497 e. The molecule has 3 rings (SSSR count). The molecule has 8 heteroatoms. The highest BCUT2D eigenvalue weighted by Gasteiger charge is 2.26. The highest BCUT2D eigenvalue weighted by Crippen LogP contribution is 2.28. The van der Waals surface area contributed by atoms with Crippen molar-refractivity contribution < 1.29 is 17.9 Å². The first-order valence-electron chi connectivity index (χ1n) is 8.06. The molecule has 138 valence electrons. The summed E-state index contributed by atoms with van der Waals surface area (Å²) in [6.45, 7) is 0. The van der Waals surface area contributed by atoms with Gasteiger partial charge in [-0.25, -0.2) is 8.42 Å². The number of carbonyl (C=O) groups is 1. The second kappa shape index (κ2) is 7.17. The van der Waals surface area contributed by atoms with Crippen LogP contribution in [0.4, 0.5) is 5.69 Å². The maximum absolute atomic E-state index is 12.8. The van der Waals surface area contributed by atoms with Crippen LogP contribution in [0.5, 0.6) is 5.75 Å². The van der Waals surface area contributed by atoms with E-state index in [1.807, 2.05) is 0 Å². The van der Waals surface area contributed by atoms with Gasteiger partial charge in [-0.3, -0.25) is 9.10 Å². The van der Waals surface area contributed by atoms with Gasteiger partial charge in [-0.15, -0.1) is 0 Å². The molecule has 2 aromatic rings. The summed E-state index contributed by atoms with van der Waals surface area (Å²) in [6.07, 6.45) is 1.91. The number of anilines is 1. The van der Waals surface area contributed by atoms with Crippen LogP contribution in [0.25, 0.3) is 0 Å². The molecule has 0 bridgehead atoms. The zero-order valence-electron chi connectivity index (χ0n) is 14.4. The Balaban J connectivity index is 1.90. The van der Waals surface area contributed by atoms with Gasteiger partial charge < -0.3 is 10.1 Å². The molecule has 0 saturated heterocycles. The van der Waals surface area contributed by atoms with E-state index in [-0.39, 0.29) is 27.4 Å². The number of benzene rings is 2. The van der Waals surface area contributed by atoms with Gasteiger partial charge in [-0.2, -0.15) is 0 Å². The van der Waals surface area contributed by atoms with E-state index in [1.165, 1.54) is 38.4 Å². The van der Waals surface area contributed by atoms with Crippen molar-refractivity contribution in [3.63, 3.8) is 0 Å². The van der Waals surface area contributed by atoms with E-state index >= 15 is 0 Å². The van der Waals surface area contributed by atoms with E-state index in [2.05, 4.69) is 5.32 Å². The smallest absolute Gasteiger partial charge is 0.264 e. The monoisotopic (exact) mass is 394 g/mol. The lowest BCUT2D eigenvalue weighted by molar-refractivity contribution is 0.0951. The quantitative estimate of drug-likeness (QED) is 0.816. The van der Waals surface area contributed by atoms with Crippen LogP contribution in [-0.2, 0) is 10.0 Å². The maximum atomic E-state index is 12.8. The lowest BCUT2D eigenvalue weighted by Gasteiger charge is -2.20. The molecule has 0 spiro atoms. The Morgan fingerprint density at radius 3 is 2.42 bits per heavy atom. The number of halogens is 1. The van der Waals surface area contributed by atoms with E-state index < -0.39 is 10.0 Å². The topological polar surface area (TPSA) is 75.7 Å².